The van der Waals surface area contributed by atoms with E-state index in [1.807, 2.05) is 0 Å². The molecular formula is C15H11N3O5. The van der Waals surface area contributed by atoms with Gasteiger partial charge in [-0.1, -0.05) is 12.1 Å². The van der Waals surface area contributed by atoms with Crippen LogP contribution in [0.2, 0.25) is 0 Å². The Hall–Kier alpha value is -3.42. The molecule has 0 spiro atoms. The molecule has 0 aliphatic heterocycles. The van der Waals surface area contributed by atoms with Crippen molar-refractivity contribution in [3.05, 3.63) is 56.9 Å². The van der Waals surface area contributed by atoms with Gasteiger partial charge in [-0.05, 0) is 18.2 Å². The predicted molar refractivity (Wildman–Crippen MR) is 82.7 cm³/mol. The molecular weight excluding hydrogens is 302 g/mol. The lowest BCUT2D eigenvalue weighted by Gasteiger charge is -2.08. The first-order chi connectivity index (χ1) is 11.0. The second-order valence-electron chi connectivity index (χ2n) is 4.74. The fourth-order valence-electron chi connectivity index (χ4n) is 2.25. The maximum Gasteiger partial charge on any atom is 0.315 e. The van der Waals surface area contributed by atoms with Gasteiger partial charge in [0.2, 0.25) is 5.75 Å². The van der Waals surface area contributed by atoms with E-state index in [2.05, 4.69) is 9.97 Å². The summed E-state index contributed by atoms with van der Waals surface area (Å²) in [6.07, 6.45) is 0. The number of phenols is 1. The molecule has 116 valence electrons. The molecule has 0 saturated heterocycles. The minimum atomic E-state index is -0.736. The first-order valence-corrected chi connectivity index (χ1v) is 6.56. The van der Waals surface area contributed by atoms with Gasteiger partial charge < -0.3 is 14.8 Å². The quantitative estimate of drug-likeness (QED) is 0.565. The van der Waals surface area contributed by atoms with E-state index in [1.54, 1.807) is 24.3 Å². The highest BCUT2D eigenvalue weighted by Gasteiger charge is 2.21. The van der Waals surface area contributed by atoms with Crippen molar-refractivity contribution in [2.45, 2.75) is 0 Å². The molecule has 1 aromatic heterocycles. The second-order valence-corrected chi connectivity index (χ2v) is 4.74. The standard InChI is InChI=1S/C15H11N3O5/c1-23-12-7-8(6-11(13(12)19)18(21)22)14-16-10-5-3-2-4-9(10)15(20)17-14/h2-7,19H,1H3,(H,16,17,20). The number of hydrogen-bond acceptors (Lipinski definition) is 6. The van der Waals surface area contributed by atoms with Gasteiger partial charge in [0, 0.05) is 11.6 Å². The number of fused-ring (bicyclic) bond motifs is 1. The molecule has 1 heterocycles. The molecule has 0 aliphatic carbocycles. The highest BCUT2D eigenvalue weighted by molar-refractivity contribution is 5.80. The number of aromatic nitrogens is 2. The van der Waals surface area contributed by atoms with E-state index in [0.29, 0.717) is 10.9 Å². The third-order valence-corrected chi connectivity index (χ3v) is 3.36. The third kappa shape index (κ3) is 2.46. The Bertz CT molecular complexity index is 980. The molecule has 2 aromatic carbocycles. The SMILES string of the molecule is COc1cc(-c2nc3ccccc3c(=O)[nH]2)cc([N+](=O)[O-])c1O. The van der Waals surface area contributed by atoms with Crippen LogP contribution in [0.3, 0.4) is 0 Å². The molecule has 0 unspecified atom stereocenters. The normalized spacial score (nSPS) is 10.7. The average Bonchev–Trinajstić information content (AvgIpc) is 2.54. The third-order valence-electron chi connectivity index (χ3n) is 3.36. The lowest BCUT2D eigenvalue weighted by molar-refractivity contribution is -0.385. The molecule has 23 heavy (non-hydrogen) atoms. The molecule has 0 bridgehead atoms. The second kappa shape index (κ2) is 5.41. The average molecular weight is 313 g/mol. The van der Waals surface area contributed by atoms with Crippen LogP contribution in [0.1, 0.15) is 0 Å². The number of aromatic hydroxyl groups is 1. The van der Waals surface area contributed by atoms with Gasteiger partial charge in [0.1, 0.15) is 5.82 Å². The zero-order valence-electron chi connectivity index (χ0n) is 11.9. The number of nitro groups is 1. The van der Waals surface area contributed by atoms with Crippen LogP contribution in [0.25, 0.3) is 22.3 Å². The van der Waals surface area contributed by atoms with Crippen LogP contribution in [0, 0.1) is 10.1 Å². The number of H-pyrrole nitrogens is 1. The van der Waals surface area contributed by atoms with Crippen molar-refractivity contribution in [2.75, 3.05) is 7.11 Å². The highest BCUT2D eigenvalue weighted by Crippen LogP contribution is 2.39. The number of para-hydroxylation sites is 1. The zero-order valence-corrected chi connectivity index (χ0v) is 11.9. The molecule has 3 aromatic rings. The maximum atomic E-state index is 12.1. The van der Waals surface area contributed by atoms with Crippen molar-refractivity contribution < 1.29 is 14.8 Å². The number of ether oxygens (including phenoxy) is 1. The van der Waals surface area contributed by atoms with E-state index in [1.165, 1.54) is 13.2 Å². The van der Waals surface area contributed by atoms with E-state index >= 15 is 0 Å². The lowest BCUT2D eigenvalue weighted by atomic mass is 10.1. The van der Waals surface area contributed by atoms with Crippen LogP contribution in [0.4, 0.5) is 5.69 Å². The number of aromatic amines is 1. The van der Waals surface area contributed by atoms with Crippen LogP contribution in [0.15, 0.2) is 41.2 Å². The van der Waals surface area contributed by atoms with Gasteiger partial charge >= 0.3 is 5.69 Å². The Kier molecular flexibility index (Phi) is 3.41. The van der Waals surface area contributed by atoms with Crippen LogP contribution in [0.5, 0.6) is 11.5 Å². The lowest BCUT2D eigenvalue weighted by Crippen LogP contribution is -2.09. The Morgan fingerprint density at radius 3 is 2.74 bits per heavy atom. The Morgan fingerprint density at radius 1 is 1.30 bits per heavy atom. The Balaban J connectivity index is 2.28. The van der Waals surface area contributed by atoms with Crippen molar-refractivity contribution >= 4 is 16.6 Å². The van der Waals surface area contributed by atoms with Crippen molar-refractivity contribution in [1.82, 2.24) is 9.97 Å². The number of benzene rings is 2. The van der Waals surface area contributed by atoms with Gasteiger partial charge in [-0.25, -0.2) is 4.98 Å². The van der Waals surface area contributed by atoms with Crippen molar-refractivity contribution in [1.29, 1.82) is 0 Å². The van der Waals surface area contributed by atoms with Gasteiger partial charge in [-0.15, -0.1) is 0 Å². The van der Waals surface area contributed by atoms with Crippen LogP contribution in [-0.2, 0) is 0 Å². The largest absolute Gasteiger partial charge is 0.500 e. The van der Waals surface area contributed by atoms with E-state index < -0.39 is 16.4 Å². The van der Waals surface area contributed by atoms with Gasteiger partial charge in [0.15, 0.2) is 5.75 Å². The van der Waals surface area contributed by atoms with E-state index in [4.69, 9.17) is 4.74 Å². The molecule has 2 N–H and O–H groups in total. The van der Waals surface area contributed by atoms with E-state index in [9.17, 15) is 20.0 Å². The molecule has 0 atom stereocenters. The molecule has 3 rings (SSSR count). The Morgan fingerprint density at radius 2 is 2.04 bits per heavy atom. The fraction of sp³-hybridized carbons (Fsp3) is 0.0667. The minimum absolute atomic E-state index is 0.0787. The molecule has 0 radical (unpaired) electrons. The van der Waals surface area contributed by atoms with Gasteiger partial charge in [-0.3, -0.25) is 14.9 Å². The summed E-state index contributed by atoms with van der Waals surface area (Å²) in [5.74, 6) is -0.510. The van der Waals surface area contributed by atoms with E-state index in [0.717, 1.165) is 6.07 Å². The predicted octanol–water partition coefficient (Wildman–Crippen LogP) is 2.21. The van der Waals surface area contributed by atoms with E-state index in [-0.39, 0.29) is 22.7 Å². The summed E-state index contributed by atoms with van der Waals surface area (Å²) in [4.78, 5) is 29.3. The van der Waals surface area contributed by atoms with Crippen molar-refractivity contribution in [2.24, 2.45) is 0 Å². The summed E-state index contributed by atoms with van der Waals surface area (Å²) in [6, 6.07) is 9.25. The highest BCUT2D eigenvalue weighted by atomic mass is 16.6. The van der Waals surface area contributed by atoms with Crippen LogP contribution in [-0.4, -0.2) is 27.1 Å². The molecule has 0 aliphatic rings. The monoisotopic (exact) mass is 313 g/mol. The van der Waals surface area contributed by atoms with Gasteiger partial charge in [0.25, 0.3) is 5.56 Å². The van der Waals surface area contributed by atoms with Gasteiger partial charge in [-0.2, -0.15) is 0 Å². The summed E-state index contributed by atoms with van der Waals surface area (Å²) in [5, 5.41) is 21.3. The summed E-state index contributed by atoms with van der Waals surface area (Å²) >= 11 is 0. The van der Waals surface area contributed by atoms with Crippen LogP contribution < -0.4 is 10.3 Å². The molecule has 0 amide bonds. The smallest absolute Gasteiger partial charge is 0.315 e. The maximum absolute atomic E-state index is 12.1. The summed E-state index contributed by atoms with van der Waals surface area (Å²) in [7, 11) is 1.28. The number of hydrogen-bond donors (Lipinski definition) is 2. The first kappa shape index (κ1) is 14.5. The molecule has 8 heteroatoms. The zero-order chi connectivity index (χ0) is 16.6. The molecule has 0 fully saturated rings. The number of nitro benzene ring substituents is 1. The summed E-state index contributed by atoms with van der Waals surface area (Å²) in [6.45, 7) is 0. The first-order valence-electron chi connectivity index (χ1n) is 6.56. The summed E-state index contributed by atoms with van der Waals surface area (Å²) < 4.78 is 4.94. The van der Waals surface area contributed by atoms with Crippen LogP contribution >= 0.6 is 0 Å². The topological polar surface area (TPSA) is 118 Å². The fourth-order valence-corrected chi connectivity index (χ4v) is 2.25. The van der Waals surface area contributed by atoms with Crippen molar-refractivity contribution in [3.63, 3.8) is 0 Å². The minimum Gasteiger partial charge on any atom is -0.500 e. The van der Waals surface area contributed by atoms with Crippen molar-refractivity contribution in [3.8, 4) is 22.9 Å². The Labute approximate surface area is 129 Å². The number of methoxy groups -OCH3 is 1. The number of nitrogens with one attached hydrogen (secondary N) is 1. The number of rotatable bonds is 3. The van der Waals surface area contributed by atoms with Gasteiger partial charge in [0.05, 0.1) is 22.9 Å². The molecule has 8 nitrogen and oxygen atoms in total. The molecule has 0 saturated carbocycles. The number of phenolic OH excluding ortho intramolecular Hbond substituents is 1. The summed E-state index contributed by atoms with van der Waals surface area (Å²) in [5.41, 5.74) is -0.175. The number of nitrogens with zero attached hydrogens (tertiary/aromatic N) is 2.